The van der Waals surface area contributed by atoms with E-state index in [0.29, 0.717) is 6.54 Å². The maximum atomic E-state index is 12.0. The Kier molecular flexibility index (Phi) is 6.81. The van der Waals surface area contributed by atoms with Crippen LogP contribution >= 0.6 is 0 Å². The second kappa shape index (κ2) is 8.62. The monoisotopic (exact) mass is 336 g/mol. The van der Waals surface area contributed by atoms with Gasteiger partial charge in [0.15, 0.2) is 0 Å². The first-order chi connectivity index (χ1) is 10.9. The second-order valence-corrected chi connectivity index (χ2v) is 8.21. The van der Waals surface area contributed by atoms with Crippen LogP contribution < -0.4 is 4.72 Å². The Hall–Kier alpha value is -1.17. The number of piperidine rings is 1. The van der Waals surface area contributed by atoms with E-state index < -0.39 is 10.0 Å². The molecule has 1 N–H and O–H groups in total. The van der Waals surface area contributed by atoms with E-state index in [1.165, 1.54) is 18.2 Å². The van der Waals surface area contributed by atoms with Gasteiger partial charge in [-0.25, -0.2) is 13.1 Å². The topological polar surface area (TPSA) is 49.4 Å². The highest BCUT2D eigenvalue weighted by Crippen LogP contribution is 2.15. The van der Waals surface area contributed by atoms with E-state index in [2.05, 4.69) is 16.5 Å². The Morgan fingerprint density at radius 3 is 2.74 bits per heavy atom. The zero-order valence-corrected chi connectivity index (χ0v) is 15.0. The molecule has 2 rings (SSSR count). The predicted molar refractivity (Wildman–Crippen MR) is 96.6 cm³/mol. The summed E-state index contributed by atoms with van der Waals surface area (Å²) in [5.74, 6) is 0.762. The average Bonchev–Trinajstić information content (AvgIpc) is 2.51. The van der Waals surface area contributed by atoms with E-state index in [1.807, 2.05) is 31.2 Å². The fourth-order valence-electron chi connectivity index (χ4n) is 2.90. The van der Waals surface area contributed by atoms with Gasteiger partial charge in [-0.05, 0) is 56.8 Å². The van der Waals surface area contributed by atoms with E-state index in [0.717, 1.165) is 43.1 Å². The lowest BCUT2D eigenvalue weighted by molar-refractivity contribution is 0.182. The minimum absolute atomic E-state index is 0.492. The third-order valence-corrected chi connectivity index (χ3v) is 5.31. The molecule has 0 spiro atoms. The largest absolute Gasteiger partial charge is 0.303 e. The van der Waals surface area contributed by atoms with Crippen molar-refractivity contribution in [3.63, 3.8) is 0 Å². The van der Waals surface area contributed by atoms with Crippen molar-refractivity contribution < 1.29 is 8.42 Å². The van der Waals surface area contributed by atoms with Gasteiger partial charge in [-0.3, -0.25) is 0 Å². The van der Waals surface area contributed by atoms with Gasteiger partial charge in [0, 0.05) is 18.5 Å². The first-order valence-corrected chi connectivity index (χ1v) is 9.96. The first kappa shape index (κ1) is 18.2. The third-order valence-electron chi connectivity index (χ3n) is 4.21. The zero-order valence-electron chi connectivity index (χ0n) is 14.2. The van der Waals surface area contributed by atoms with Gasteiger partial charge in [-0.2, -0.15) is 0 Å². The van der Waals surface area contributed by atoms with Crippen molar-refractivity contribution in [2.75, 3.05) is 26.2 Å². The minimum atomic E-state index is -3.35. The van der Waals surface area contributed by atoms with E-state index in [9.17, 15) is 8.42 Å². The van der Waals surface area contributed by atoms with E-state index in [1.54, 1.807) is 6.08 Å². The number of likely N-dealkylation sites (tertiary alicyclic amines) is 1. The first-order valence-electron chi connectivity index (χ1n) is 8.41. The summed E-state index contributed by atoms with van der Waals surface area (Å²) in [5.41, 5.74) is 2.05. The van der Waals surface area contributed by atoms with Gasteiger partial charge in [-0.1, -0.05) is 36.8 Å². The van der Waals surface area contributed by atoms with Gasteiger partial charge in [-0.15, -0.1) is 0 Å². The summed E-state index contributed by atoms with van der Waals surface area (Å²) >= 11 is 0. The fourth-order valence-corrected chi connectivity index (χ4v) is 3.76. The predicted octanol–water partition coefficient (Wildman–Crippen LogP) is 3.01. The zero-order chi connectivity index (χ0) is 16.7. The van der Waals surface area contributed by atoms with Crippen molar-refractivity contribution in [2.24, 2.45) is 5.92 Å². The lowest BCUT2D eigenvalue weighted by Crippen LogP contribution is -2.36. The van der Waals surface area contributed by atoms with E-state index in [4.69, 9.17) is 0 Å². The average molecular weight is 337 g/mol. The van der Waals surface area contributed by atoms with Gasteiger partial charge in [0.25, 0.3) is 0 Å². The second-order valence-electron chi connectivity index (χ2n) is 6.55. The molecule has 1 atom stereocenters. The lowest BCUT2D eigenvalue weighted by atomic mass is 10.0. The van der Waals surface area contributed by atoms with Crippen LogP contribution in [0.3, 0.4) is 0 Å². The number of nitrogens with one attached hydrogen (secondary N) is 1. The SMILES string of the molecule is Cc1ccc(/C=C\S(=O)(=O)NCCCN2CCC[C@H](C)C2)cc1. The molecule has 1 fully saturated rings. The van der Waals surface area contributed by atoms with E-state index >= 15 is 0 Å². The molecule has 1 heterocycles. The third kappa shape index (κ3) is 6.85. The summed E-state index contributed by atoms with van der Waals surface area (Å²) in [6, 6.07) is 7.77. The molecule has 1 aliphatic rings. The molecule has 0 aromatic heterocycles. The van der Waals surface area contributed by atoms with Crippen LogP contribution in [0.1, 0.15) is 37.3 Å². The summed E-state index contributed by atoms with van der Waals surface area (Å²) < 4.78 is 26.6. The summed E-state index contributed by atoms with van der Waals surface area (Å²) in [5, 5.41) is 1.25. The van der Waals surface area contributed by atoms with Gasteiger partial charge in [0.2, 0.25) is 10.0 Å². The number of benzene rings is 1. The Balaban J connectivity index is 1.72. The van der Waals surface area contributed by atoms with Gasteiger partial charge < -0.3 is 4.90 Å². The molecule has 0 amide bonds. The molecule has 1 aromatic rings. The Labute approximate surface area is 140 Å². The number of nitrogens with zero attached hydrogens (tertiary/aromatic N) is 1. The molecule has 0 saturated carbocycles. The quantitative estimate of drug-likeness (QED) is 0.779. The molecular weight excluding hydrogens is 308 g/mol. The molecule has 5 heteroatoms. The number of rotatable bonds is 7. The van der Waals surface area contributed by atoms with Crippen LogP contribution in [0.25, 0.3) is 6.08 Å². The molecule has 128 valence electrons. The van der Waals surface area contributed by atoms with Gasteiger partial charge in [0.1, 0.15) is 0 Å². The van der Waals surface area contributed by atoms with Crippen LogP contribution in [0.2, 0.25) is 0 Å². The molecule has 0 bridgehead atoms. The number of hydrogen-bond donors (Lipinski definition) is 1. The smallest absolute Gasteiger partial charge is 0.233 e. The van der Waals surface area contributed by atoms with Gasteiger partial charge >= 0.3 is 0 Å². The molecule has 0 aliphatic carbocycles. The normalized spacial score (nSPS) is 20.2. The highest BCUT2D eigenvalue weighted by Gasteiger charge is 2.15. The molecule has 0 radical (unpaired) electrons. The summed E-state index contributed by atoms with van der Waals surface area (Å²) in [6.45, 7) is 8.03. The van der Waals surface area contributed by atoms with Crippen molar-refractivity contribution >= 4 is 16.1 Å². The minimum Gasteiger partial charge on any atom is -0.303 e. The fraction of sp³-hybridized carbons (Fsp3) is 0.556. The molecule has 1 aliphatic heterocycles. The highest BCUT2D eigenvalue weighted by atomic mass is 32.2. The van der Waals surface area contributed by atoms with Crippen LogP contribution in [0.4, 0.5) is 0 Å². The van der Waals surface area contributed by atoms with Crippen LogP contribution in [0.15, 0.2) is 29.7 Å². The van der Waals surface area contributed by atoms with E-state index in [-0.39, 0.29) is 0 Å². The molecule has 4 nitrogen and oxygen atoms in total. The van der Waals surface area contributed by atoms with Crippen LogP contribution in [-0.4, -0.2) is 39.5 Å². The van der Waals surface area contributed by atoms with Crippen LogP contribution in [0, 0.1) is 12.8 Å². The van der Waals surface area contributed by atoms with Crippen LogP contribution in [-0.2, 0) is 10.0 Å². The summed E-state index contributed by atoms with van der Waals surface area (Å²) in [6.07, 6.45) is 5.05. The van der Waals surface area contributed by atoms with Crippen molar-refractivity contribution in [3.8, 4) is 0 Å². The molecular formula is C18H28N2O2S. The molecule has 23 heavy (non-hydrogen) atoms. The molecule has 1 aromatic carbocycles. The van der Waals surface area contributed by atoms with Crippen molar-refractivity contribution in [1.29, 1.82) is 0 Å². The Morgan fingerprint density at radius 2 is 2.04 bits per heavy atom. The number of hydrogen-bond acceptors (Lipinski definition) is 3. The number of aryl methyl sites for hydroxylation is 1. The highest BCUT2D eigenvalue weighted by molar-refractivity contribution is 7.92. The van der Waals surface area contributed by atoms with Crippen molar-refractivity contribution in [2.45, 2.75) is 33.1 Å². The summed E-state index contributed by atoms with van der Waals surface area (Å²) in [7, 11) is -3.35. The summed E-state index contributed by atoms with van der Waals surface area (Å²) in [4.78, 5) is 2.44. The Bertz CT molecular complexity index is 608. The van der Waals surface area contributed by atoms with Crippen LogP contribution in [0.5, 0.6) is 0 Å². The maximum absolute atomic E-state index is 12.0. The van der Waals surface area contributed by atoms with Crippen molar-refractivity contribution in [3.05, 3.63) is 40.8 Å². The molecule has 1 saturated heterocycles. The van der Waals surface area contributed by atoms with Gasteiger partial charge in [0.05, 0.1) is 0 Å². The maximum Gasteiger partial charge on any atom is 0.233 e. The standard InChI is InChI=1S/C18H28N2O2S/c1-16-6-8-18(9-7-16)10-14-23(21,22)19-11-4-13-20-12-3-5-17(2)15-20/h6-10,14,17,19H,3-5,11-13,15H2,1-2H3/b14-10-/t17-/m0/s1. The lowest BCUT2D eigenvalue weighted by Gasteiger charge is -2.30. The Morgan fingerprint density at radius 1 is 1.30 bits per heavy atom. The number of sulfonamides is 1. The molecule has 0 unspecified atom stereocenters. The van der Waals surface area contributed by atoms with Crippen molar-refractivity contribution in [1.82, 2.24) is 9.62 Å².